The highest BCUT2D eigenvalue weighted by molar-refractivity contribution is 7.90. The van der Waals surface area contributed by atoms with E-state index >= 15 is 0 Å². The average molecular weight is 262 g/mol. The topological polar surface area (TPSA) is 128 Å². The summed E-state index contributed by atoms with van der Waals surface area (Å²) < 4.78 is 27.3. The molecule has 0 fully saturated rings. The Balaban J connectivity index is 2.63. The Labute approximate surface area is 98.5 Å². The molecule has 1 heterocycles. The van der Waals surface area contributed by atoms with Gasteiger partial charge in [-0.1, -0.05) is 5.16 Å². The normalized spacial score (nSPS) is 13.5. The van der Waals surface area contributed by atoms with Crippen LogP contribution >= 0.6 is 0 Å². The van der Waals surface area contributed by atoms with Crippen LogP contribution in [0.15, 0.2) is 4.52 Å². The van der Waals surface area contributed by atoms with Crippen LogP contribution in [0.5, 0.6) is 0 Å². The van der Waals surface area contributed by atoms with E-state index in [0.717, 1.165) is 6.26 Å². The minimum Gasteiger partial charge on any atom is -0.369 e. The SMILES string of the molecule is CC(c1noc(CNCC(N)=O)n1)S(C)(=O)=O. The van der Waals surface area contributed by atoms with Crippen molar-refractivity contribution in [2.45, 2.75) is 18.7 Å². The summed E-state index contributed by atoms with van der Waals surface area (Å²) in [5.41, 5.74) is 4.92. The molecule has 1 aromatic rings. The minimum atomic E-state index is -3.26. The average Bonchev–Trinajstić information content (AvgIpc) is 2.63. The Bertz CT molecular complexity index is 495. The zero-order chi connectivity index (χ0) is 13.1. The second-order valence-corrected chi connectivity index (χ2v) is 5.95. The first-order chi connectivity index (χ1) is 7.80. The molecule has 0 aliphatic rings. The third-order valence-electron chi connectivity index (χ3n) is 2.07. The lowest BCUT2D eigenvalue weighted by Crippen LogP contribution is -2.28. The maximum atomic E-state index is 11.2. The molecule has 0 aliphatic carbocycles. The number of rotatable bonds is 6. The van der Waals surface area contributed by atoms with Crippen LogP contribution in [0.3, 0.4) is 0 Å². The summed E-state index contributed by atoms with van der Waals surface area (Å²) in [7, 11) is -3.26. The van der Waals surface area contributed by atoms with E-state index in [4.69, 9.17) is 10.3 Å². The maximum Gasteiger partial charge on any atom is 0.240 e. The fraction of sp³-hybridized carbons (Fsp3) is 0.625. The summed E-state index contributed by atoms with van der Waals surface area (Å²) in [5, 5.41) is 5.41. The summed E-state index contributed by atoms with van der Waals surface area (Å²) in [4.78, 5) is 14.4. The van der Waals surface area contributed by atoms with Crippen molar-refractivity contribution in [3.8, 4) is 0 Å². The zero-order valence-corrected chi connectivity index (χ0v) is 10.3. The van der Waals surface area contributed by atoms with Crippen molar-refractivity contribution in [2.24, 2.45) is 5.73 Å². The van der Waals surface area contributed by atoms with Crippen LogP contribution in [0.25, 0.3) is 0 Å². The highest BCUT2D eigenvalue weighted by Crippen LogP contribution is 2.17. The van der Waals surface area contributed by atoms with Crippen molar-refractivity contribution in [1.82, 2.24) is 15.5 Å². The summed E-state index contributed by atoms with van der Waals surface area (Å²) in [6, 6.07) is 0. The molecular weight excluding hydrogens is 248 g/mol. The number of aromatic nitrogens is 2. The van der Waals surface area contributed by atoms with Crippen LogP contribution in [0.2, 0.25) is 0 Å². The van der Waals surface area contributed by atoms with Gasteiger partial charge >= 0.3 is 0 Å². The summed E-state index contributed by atoms with van der Waals surface area (Å²) >= 11 is 0. The largest absolute Gasteiger partial charge is 0.369 e. The second kappa shape index (κ2) is 5.23. The van der Waals surface area contributed by atoms with Gasteiger partial charge in [0.1, 0.15) is 5.25 Å². The number of nitrogens with two attached hydrogens (primary N) is 1. The molecule has 1 aromatic heterocycles. The van der Waals surface area contributed by atoms with Gasteiger partial charge in [-0.3, -0.25) is 10.1 Å². The van der Waals surface area contributed by atoms with Crippen LogP contribution in [-0.4, -0.2) is 37.3 Å². The first kappa shape index (κ1) is 13.6. The number of nitrogens with one attached hydrogen (secondary N) is 1. The quantitative estimate of drug-likeness (QED) is 0.655. The molecule has 1 atom stereocenters. The van der Waals surface area contributed by atoms with E-state index in [9.17, 15) is 13.2 Å². The Morgan fingerprint density at radius 2 is 2.24 bits per heavy atom. The number of nitrogens with zero attached hydrogens (tertiary/aromatic N) is 2. The van der Waals surface area contributed by atoms with Crippen molar-refractivity contribution in [3.63, 3.8) is 0 Å². The van der Waals surface area contributed by atoms with Gasteiger partial charge < -0.3 is 10.3 Å². The van der Waals surface area contributed by atoms with Crippen molar-refractivity contribution in [2.75, 3.05) is 12.8 Å². The lowest BCUT2D eigenvalue weighted by atomic mass is 10.4. The van der Waals surface area contributed by atoms with Crippen LogP contribution in [0.4, 0.5) is 0 Å². The van der Waals surface area contributed by atoms with E-state index in [-0.39, 0.29) is 24.8 Å². The van der Waals surface area contributed by atoms with Gasteiger partial charge in [0.15, 0.2) is 15.7 Å². The number of primary amides is 1. The van der Waals surface area contributed by atoms with Crippen molar-refractivity contribution in [1.29, 1.82) is 0 Å². The number of carbonyl (C=O) groups is 1. The van der Waals surface area contributed by atoms with Gasteiger partial charge in [0.2, 0.25) is 11.8 Å². The molecule has 0 bridgehead atoms. The standard InChI is InChI=1S/C8H14N4O4S/c1-5(17(2,14)15)8-11-7(16-12-8)4-10-3-6(9)13/h5,10H,3-4H2,1-2H3,(H2,9,13). The van der Waals surface area contributed by atoms with Gasteiger partial charge in [-0.05, 0) is 6.92 Å². The van der Waals surface area contributed by atoms with Crippen LogP contribution in [0.1, 0.15) is 23.9 Å². The third kappa shape index (κ3) is 4.11. The van der Waals surface area contributed by atoms with Gasteiger partial charge in [-0.25, -0.2) is 8.42 Å². The number of amides is 1. The monoisotopic (exact) mass is 262 g/mol. The molecule has 0 aliphatic heterocycles. The van der Waals surface area contributed by atoms with Crippen LogP contribution < -0.4 is 11.1 Å². The number of hydrogen-bond donors (Lipinski definition) is 2. The predicted octanol–water partition coefficient (Wildman–Crippen LogP) is -1.25. The Morgan fingerprint density at radius 3 is 2.76 bits per heavy atom. The number of sulfone groups is 1. The smallest absolute Gasteiger partial charge is 0.240 e. The molecule has 96 valence electrons. The van der Waals surface area contributed by atoms with Crippen molar-refractivity contribution in [3.05, 3.63) is 11.7 Å². The summed E-state index contributed by atoms with van der Waals surface area (Å²) in [6.07, 6.45) is 1.10. The predicted molar refractivity (Wildman–Crippen MR) is 58.5 cm³/mol. The molecule has 8 nitrogen and oxygen atoms in total. The van der Waals surface area contributed by atoms with E-state index in [1.807, 2.05) is 0 Å². The molecule has 0 saturated heterocycles. The summed E-state index contributed by atoms with van der Waals surface area (Å²) in [5.74, 6) is -0.200. The second-order valence-electron chi connectivity index (χ2n) is 3.59. The van der Waals surface area contributed by atoms with Crippen molar-refractivity contribution < 1.29 is 17.7 Å². The van der Waals surface area contributed by atoms with Crippen molar-refractivity contribution >= 4 is 15.7 Å². The minimum absolute atomic E-state index is 0.0145. The molecule has 0 saturated carbocycles. The molecule has 1 rings (SSSR count). The van der Waals surface area contributed by atoms with Gasteiger partial charge in [-0.15, -0.1) is 0 Å². The van der Waals surface area contributed by atoms with Gasteiger partial charge in [0.25, 0.3) is 0 Å². The molecule has 1 unspecified atom stereocenters. The first-order valence-corrected chi connectivity index (χ1v) is 6.76. The number of hydrogen-bond acceptors (Lipinski definition) is 7. The van der Waals surface area contributed by atoms with E-state index < -0.39 is 21.0 Å². The van der Waals surface area contributed by atoms with Gasteiger partial charge in [-0.2, -0.15) is 4.98 Å². The lowest BCUT2D eigenvalue weighted by molar-refractivity contribution is -0.117. The summed E-state index contributed by atoms with van der Waals surface area (Å²) in [6.45, 7) is 1.62. The number of carbonyl (C=O) groups excluding carboxylic acids is 1. The van der Waals surface area contributed by atoms with Gasteiger partial charge in [0, 0.05) is 6.26 Å². The fourth-order valence-electron chi connectivity index (χ4n) is 0.989. The van der Waals surface area contributed by atoms with E-state index in [2.05, 4.69) is 15.5 Å². The Morgan fingerprint density at radius 1 is 1.59 bits per heavy atom. The Hall–Kier alpha value is -1.48. The molecule has 0 radical (unpaired) electrons. The molecule has 1 amide bonds. The van der Waals surface area contributed by atoms with Crippen LogP contribution in [-0.2, 0) is 21.2 Å². The van der Waals surface area contributed by atoms with E-state index in [1.165, 1.54) is 6.92 Å². The molecule has 0 aromatic carbocycles. The van der Waals surface area contributed by atoms with E-state index in [0.29, 0.717) is 0 Å². The highest BCUT2D eigenvalue weighted by Gasteiger charge is 2.22. The molecule has 17 heavy (non-hydrogen) atoms. The molecule has 9 heteroatoms. The lowest BCUT2D eigenvalue weighted by Gasteiger charge is -2.01. The Kier molecular flexibility index (Phi) is 4.18. The maximum absolute atomic E-state index is 11.2. The van der Waals surface area contributed by atoms with Gasteiger partial charge in [0.05, 0.1) is 13.1 Å². The third-order valence-corrected chi connectivity index (χ3v) is 3.56. The molecule has 0 spiro atoms. The zero-order valence-electron chi connectivity index (χ0n) is 9.50. The van der Waals surface area contributed by atoms with Crippen LogP contribution in [0, 0.1) is 0 Å². The molecular formula is C8H14N4O4S. The fourth-order valence-corrected chi connectivity index (χ4v) is 1.47. The first-order valence-electron chi connectivity index (χ1n) is 4.81. The highest BCUT2D eigenvalue weighted by atomic mass is 32.2. The van der Waals surface area contributed by atoms with E-state index in [1.54, 1.807) is 0 Å². The molecule has 3 N–H and O–H groups in total.